The van der Waals surface area contributed by atoms with Gasteiger partial charge in [-0.1, -0.05) is 0 Å². The molecule has 17 N–H and O–H groups in total. The number of carbonyl (C=O) groups excluding carboxylic acids is 2. The molecule has 5 aliphatic heterocycles. The average Bonchev–Trinajstić information content (AvgIpc) is 3.24. The van der Waals surface area contributed by atoms with Gasteiger partial charge in [-0.2, -0.15) is 0 Å². The lowest BCUT2D eigenvalue weighted by atomic mass is 9.94. The van der Waals surface area contributed by atoms with Crippen molar-refractivity contribution in [2.24, 2.45) is 0 Å². The van der Waals surface area contributed by atoms with E-state index in [1.165, 1.54) is 0 Å². The highest BCUT2D eigenvalue weighted by Gasteiger charge is 2.56. The molecule has 5 fully saturated rings. The molecular weight excluding hydrogens is 852 g/mol. The number of aliphatic hydroxyl groups is 15. The standard InChI is InChI=1S/C34H58N2O26/c1-8(42)35-15-18(45)26(11(4-38)54-30(15)53)59-31-16(36-9(2)43)19(46)27(12(5-39)56-31)60-33-24(51)21(48)29(14(7-41)57-33)62-34-25(52)22(49)28(13(6-40)58-34)61-32-23(50)20(47)17(44)10(3-37)55-32/h10-34,37-41,44-53H,3-7H2,1-2H3,(H,35,42)(H,36,43)/t10-,11-,12-,13-,14-,15-,16-,17-,18-,19-,20+,21-,22-,23+,24+,25+,26-,27-,28-,29-,30-,31+,32+,33-,34+/m1/s1. The van der Waals surface area contributed by atoms with Crippen molar-refractivity contribution in [1.82, 2.24) is 10.6 Å². The largest absolute Gasteiger partial charge is 0.394 e. The summed E-state index contributed by atoms with van der Waals surface area (Å²) in [6, 6.07) is -3.11. The SMILES string of the molecule is CC(=O)N[C@@H]1[C@@H](O)[C@H](O[C@@H]2O[C@H](CO)[C@@H](O[C@H]3O[C@H](CO)[C@@H](O[C@@H]4O[C@H](CO)[C@@H](O[C@@H]5O[C@H](CO)[C@@H](O)[C@H](O)[C@@H]5O)[C@H](O)[C@@H]4O)[C@H](O)[C@@H]3O)[C@H](O)[C@H]2NC(C)=O)[C@@H](CO)O[C@H]1O. The van der Waals surface area contributed by atoms with Gasteiger partial charge in [0.15, 0.2) is 31.5 Å². The molecule has 0 aromatic heterocycles. The Hall–Kier alpha value is -2.02. The van der Waals surface area contributed by atoms with Crippen molar-refractivity contribution in [1.29, 1.82) is 0 Å². The summed E-state index contributed by atoms with van der Waals surface area (Å²) in [6.45, 7) is -2.41. The molecule has 28 heteroatoms. The van der Waals surface area contributed by atoms with Gasteiger partial charge in [0.05, 0.1) is 33.0 Å². The number of amides is 2. The van der Waals surface area contributed by atoms with Crippen molar-refractivity contribution in [3.63, 3.8) is 0 Å². The summed E-state index contributed by atoms with van der Waals surface area (Å²) in [4.78, 5) is 24.0. The predicted molar refractivity (Wildman–Crippen MR) is 190 cm³/mol. The summed E-state index contributed by atoms with van der Waals surface area (Å²) in [6.07, 6.45) is -41.6. The van der Waals surface area contributed by atoms with E-state index in [-0.39, 0.29) is 0 Å². The summed E-state index contributed by atoms with van der Waals surface area (Å²) in [5.41, 5.74) is 0. The van der Waals surface area contributed by atoms with Crippen molar-refractivity contribution in [2.75, 3.05) is 33.0 Å². The minimum absolute atomic E-state index is 0.678. The normalized spacial score (nSPS) is 49.0. The molecule has 2 amide bonds. The van der Waals surface area contributed by atoms with Gasteiger partial charge in [-0.3, -0.25) is 9.59 Å². The lowest BCUT2D eigenvalue weighted by Crippen LogP contribution is -2.70. The maximum absolute atomic E-state index is 12.3. The number of hydrogen-bond donors (Lipinski definition) is 17. The van der Waals surface area contributed by atoms with Crippen molar-refractivity contribution in [2.45, 2.75) is 167 Å². The zero-order valence-corrected chi connectivity index (χ0v) is 33.2. The van der Waals surface area contributed by atoms with E-state index in [4.69, 9.17) is 42.6 Å². The van der Waals surface area contributed by atoms with Gasteiger partial charge in [-0.05, 0) is 0 Å². The van der Waals surface area contributed by atoms with Gasteiger partial charge in [0.25, 0.3) is 0 Å². The van der Waals surface area contributed by atoms with E-state index in [0.717, 1.165) is 13.8 Å². The van der Waals surface area contributed by atoms with Crippen LogP contribution in [0.2, 0.25) is 0 Å². The van der Waals surface area contributed by atoms with Gasteiger partial charge < -0.3 is 130 Å². The van der Waals surface area contributed by atoms with Gasteiger partial charge >= 0.3 is 0 Å². The van der Waals surface area contributed by atoms with Gasteiger partial charge in [0, 0.05) is 13.8 Å². The number of carbonyl (C=O) groups is 2. The number of nitrogens with one attached hydrogen (secondary N) is 2. The predicted octanol–water partition coefficient (Wildman–Crippen LogP) is -11.6. The molecule has 25 atom stereocenters. The Morgan fingerprint density at radius 3 is 1.10 bits per heavy atom. The van der Waals surface area contributed by atoms with Gasteiger partial charge in [-0.15, -0.1) is 0 Å². The van der Waals surface area contributed by atoms with Crippen molar-refractivity contribution in [3.8, 4) is 0 Å². The molecule has 0 spiro atoms. The van der Waals surface area contributed by atoms with E-state index in [1.807, 2.05) is 0 Å². The smallest absolute Gasteiger partial charge is 0.217 e. The molecule has 0 bridgehead atoms. The van der Waals surface area contributed by atoms with E-state index >= 15 is 0 Å². The summed E-state index contributed by atoms with van der Waals surface area (Å²) in [7, 11) is 0. The third-order valence-corrected chi connectivity index (χ3v) is 11.1. The van der Waals surface area contributed by atoms with Gasteiger partial charge in [0.2, 0.25) is 11.8 Å². The van der Waals surface area contributed by atoms with Crippen molar-refractivity contribution < 1.29 is 129 Å². The minimum Gasteiger partial charge on any atom is -0.394 e. The van der Waals surface area contributed by atoms with Crippen LogP contribution in [0.5, 0.6) is 0 Å². The fourth-order valence-corrected chi connectivity index (χ4v) is 7.85. The number of ether oxygens (including phenoxy) is 9. The zero-order chi connectivity index (χ0) is 45.9. The molecule has 5 saturated heterocycles. The van der Waals surface area contributed by atoms with E-state index in [9.17, 15) is 86.2 Å². The molecule has 0 unspecified atom stereocenters. The third-order valence-electron chi connectivity index (χ3n) is 11.1. The molecule has 62 heavy (non-hydrogen) atoms. The molecule has 0 saturated carbocycles. The first-order valence-corrected chi connectivity index (χ1v) is 19.6. The fraction of sp³-hybridized carbons (Fsp3) is 0.941. The quantitative estimate of drug-likeness (QED) is 0.0725. The molecule has 360 valence electrons. The van der Waals surface area contributed by atoms with E-state index < -0.39 is 198 Å². The Morgan fingerprint density at radius 2 is 0.694 bits per heavy atom. The Morgan fingerprint density at radius 1 is 0.387 bits per heavy atom. The lowest BCUT2D eigenvalue weighted by molar-refractivity contribution is -0.388. The number of hydrogen-bond acceptors (Lipinski definition) is 26. The molecule has 0 radical (unpaired) electrons. The Bertz CT molecular complexity index is 1440. The summed E-state index contributed by atoms with van der Waals surface area (Å²) >= 11 is 0. The molecule has 5 heterocycles. The molecule has 0 aromatic carbocycles. The van der Waals surface area contributed by atoms with Crippen LogP contribution in [0.1, 0.15) is 13.8 Å². The molecule has 0 aromatic rings. The second-order valence-electron chi connectivity index (χ2n) is 15.4. The first-order chi connectivity index (χ1) is 29.3. The molecular formula is C34H58N2O26. The Kier molecular flexibility index (Phi) is 18.1. The van der Waals surface area contributed by atoms with Crippen LogP contribution < -0.4 is 10.6 Å². The average molecular weight is 911 g/mol. The first-order valence-electron chi connectivity index (χ1n) is 19.6. The second kappa shape index (κ2) is 22.0. The van der Waals surface area contributed by atoms with E-state index in [2.05, 4.69) is 10.6 Å². The van der Waals surface area contributed by atoms with Gasteiger partial charge in [-0.25, -0.2) is 0 Å². The van der Waals surface area contributed by atoms with E-state index in [0.29, 0.717) is 0 Å². The summed E-state index contributed by atoms with van der Waals surface area (Å²) in [5, 5.41) is 163. The summed E-state index contributed by atoms with van der Waals surface area (Å²) in [5.74, 6) is -1.45. The summed E-state index contributed by atoms with van der Waals surface area (Å²) < 4.78 is 50.5. The number of rotatable bonds is 15. The van der Waals surface area contributed by atoms with Crippen LogP contribution in [0.3, 0.4) is 0 Å². The highest BCUT2D eigenvalue weighted by molar-refractivity contribution is 5.73. The molecule has 0 aliphatic carbocycles. The minimum atomic E-state index is -2.14. The van der Waals surface area contributed by atoms with Crippen LogP contribution >= 0.6 is 0 Å². The maximum Gasteiger partial charge on any atom is 0.217 e. The van der Waals surface area contributed by atoms with Crippen LogP contribution in [-0.2, 0) is 52.2 Å². The zero-order valence-electron chi connectivity index (χ0n) is 33.2. The van der Waals surface area contributed by atoms with E-state index in [1.54, 1.807) is 0 Å². The van der Waals surface area contributed by atoms with Crippen molar-refractivity contribution >= 4 is 11.8 Å². The van der Waals surface area contributed by atoms with Crippen LogP contribution in [-0.4, -0.2) is 275 Å². The highest BCUT2D eigenvalue weighted by atomic mass is 16.8. The number of aliphatic hydroxyl groups excluding tert-OH is 15. The second-order valence-corrected chi connectivity index (χ2v) is 15.4. The maximum atomic E-state index is 12.3. The van der Waals surface area contributed by atoms with Crippen molar-refractivity contribution in [3.05, 3.63) is 0 Å². The van der Waals surface area contributed by atoms with Crippen LogP contribution in [0.4, 0.5) is 0 Å². The van der Waals surface area contributed by atoms with Gasteiger partial charge in [0.1, 0.15) is 122 Å². The van der Waals surface area contributed by atoms with Crippen LogP contribution in [0, 0.1) is 0 Å². The fourth-order valence-electron chi connectivity index (χ4n) is 7.85. The highest BCUT2D eigenvalue weighted by Crippen LogP contribution is 2.35. The molecule has 28 nitrogen and oxygen atoms in total. The third kappa shape index (κ3) is 10.8. The molecule has 5 aliphatic rings. The monoisotopic (exact) mass is 910 g/mol. The Balaban J connectivity index is 1.28. The molecule has 5 rings (SSSR count). The lowest BCUT2D eigenvalue weighted by Gasteiger charge is -2.50. The van der Waals surface area contributed by atoms with Crippen LogP contribution in [0.15, 0.2) is 0 Å². The Labute approximate surface area is 351 Å². The first kappa shape index (κ1) is 51.0. The topological polar surface area (TPSA) is 445 Å². The van der Waals surface area contributed by atoms with Crippen LogP contribution in [0.25, 0.3) is 0 Å².